The summed E-state index contributed by atoms with van der Waals surface area (Å²) in [5.41, 5.74) is 1.82. The van der Waals surface area contributed by atoms with Crippen molar-refractivity contribution in [3.63, 3.8) is 0 Å². The molecule has 0 radical (unpaired) electrons. The van der Waals surface area contributed by atoms with E-state index in [1.165, 1.54) is 36.7 Å². The molecule has 0 aliphatic heterocycles. The fraction of sp³-hybridized carbons (Fsp3) is 0.0400. The molecule has 0 aliphatic rings. The van der Waals surface area contributed by atoms with Crippen LogP contribution in [0.1, 0.15) is 16.7 Å². The number of nitro benzene ring substituents is 1. The molecule has 3 N–H and O–H groups in total. The number of non-ortho nitro benzene ring substituents is 1. The van der Waals surface area contributed by atoms with Crippen molar-refractivity contribution >= 4 is 28.0 Å². The van der Waals surface area contributed by atoms with Crippen molar-refractivity contribution in [1.29, 1.82) is 0 Å². The summed E-state index contributed by atoms with van der Waals surface area (Å²) in [5, 5.41) is 22.4. The van der Waals surface area contributed by atoms with Crippen LogP contribution in [0.15, 0.2) is 84.2 Å². The van der Waals surface area contributed by atoms with E-state index in [9.17, 15) is 28.4 Å². The van der Waals surface area contributed by atoms with Crippen LogP contribution >= 0.6 is 0 Å². The highest BCUT2D eigenvalue weighted by Gasteiger charge is 2.30. The first kappa shape index (κ1) is 22.8. The van der Waals surface area contributed by atoms with Gasteiger partial charge in [0.25, 0.3) is 5.69 Å². The first-order valence-corrected chi connectivity index (χ1v) is 10.6. The molecule has 5 aromatic rings. The maximum Gasteiger partial charge on any atom is 0.416 e. The second kappa shape index (κ2) is 8.69. The van der Waals surface area contributed by atoms with Crippen molar-refractivity contribution in [2.24, 2.45) is 4.99 Å². The smallest absolute Gasteiger partial charge is 0.416 e. The molecule has 180 valence electrons. The molecule has 0 bridgehead atoms. The third-order valence-electron chi connectivity index (χ3n) is 5.59. The molecule has 0 spiro atoms. The van der Waals surface area contributed by atoms with Gasteiger partial charge in [-0.25, -0.2) is 9.98 Å². The van der Waals surface area contributed by atoms with Gasteiger partial charge in [-0.3, -0.25) is 10.1 Å². The monoisotopic (exact) mass is 491 g/mol. The van der Waals surface area contributed by atoms with Crippen LogP contribution in [-0.2, 0) is 6.18 Å². The number of H-pyrrole nitrogens is 2. The predicted molar refractivity (Wildman–Crippen MR) is 127 cm³/mol. The van der Waals surface area contributed by atoms with Crippen LogP contribution in [0.3, 0.4) is 0 Å². The molecule has 0 atom stereocenters. The first-order chi connectivity index (χ1) is 17.2. The lowest BCUT2D eigenvalue weighted by Crippen LogP contribution is -2.07. The molecule has 2 aromatic heterocycles. The van der Waals surface area contributed by atoms with Crippen molar-refractivity contribution in [2.45, 2.75) is 6.18 Å². The average Bonchev–Trinajstić information content (AvgIpc) is 3.50. The highest BCUT2D eigenvalue weighted by Crippen LogP contribution is 2.35. The van der Waals surface area contributed by atoms with Gasteiger partial charge in [-0.05, 0) is 30.3 Å². The van der Waals surface area contributed by atoms with Crippen LogP contribution in [0, 0.1) is 10.1 Å². The minimum atomic E-state index is -4.53. The lowest BCUT2D eigenvalue weighted by Gasteiger charge is -2.11. The van der Waals surface area contributed by atoms with Crippen molar-refractivity contribution in [2.75, 3.05) is 0 Å². The summed E-state index contributed by atoms with van der Waals surface area (Å²) in [4.78, 5) is 25.2. The zero-order chi connectivity index (χ0) is 25.4. The number of hydrogen-bond acceptors (Lipinski definition) is 5. The van der Waals surface area contributed by atoms with Gasteiger partial charge in [-0.2, -0.15) is 13.2 Å². The minimum absolute atomic E-state index is 0.125. The Kier molecular flexibility index (Phi) is 5.51. The fourth-order valence-electron chi connectivity index (χ4n) is 3.89. The molecular formula is C25H16F3N5O3. The number of aliphatic imine (C=N–C) groups is 1. The Labute approximate surface area is 200 Å². The van der Waals surface area contributed by atoms with Gasteiger partial charge in [0.2, 0.25) is 0 Å². The van der Waals surface area contributed by atoms with Crippen LogP contribution in [0.5, 0.6) is 5.88 Å². The van der Waals surface area contributed by atoms with Gasteiger partial charge in [0.15, 0.2) is 5.88 Å². The third kappa shape index (κ3) is 4.29. The molecule has 0 saturated heterocycles. The van der Waals surface area contributed by atoms with Crippen LogP contribution in [0.2, 0.25) is 0 Å². The molecule has 2 heterocycles. The summed E-state index contributed by atoms with van der Waals surface area (Å²) in [6.45, 7) is 0. The number of hydrogen-bond donors (Lipinski definition) is 3. The Morgan fingerprint density at radius 1 is 1.06 bits per heavy atom. The zero-order valence-corrected chi connectivity index (χ0v) is 18.2. The molecule has 0 aliphatic carbocycles. The van der Waals surface area contributed by atoms with E-state index in [2.05, 4.69) is 19.9 Å². The van der Waals surface area contributed by atoms with Crippen LogP contribution in [0.25, 0.3) is 22.2 Å². The molecule has 0 fully saturated rings. The van der Waals surface area contributed by atoms with E-state index in [-0.39, 0.29) is 28.4 Å². The Morgan fingerprint density at radius 3 is 2.50 bits per heavy atom. The van der Waals surface area contributed by atoms with E-state index < -0.39 is 16.7 Å². The number of alkyl halides is 3. The number of aromatic hydroxyl groups is 1. The van der Waals surface area contributed by atoms with Crippen molar-refractivity contribution in [3.05, 3.63) is 106 Å². The van der Waals surface area contributed by atoms with E-state index in [0.29, 0.717) is 16.6 Å². The Morgan fingerprint density at radius 2 is 1.83 bits per heavy atom. The molecule has 0 unspecified atom stereocenters. The Hall–Kier alpha value is -4.93. The molecule has 11 heteroatoms. The van der Waals surface area contributed by atoms with Crippen molar-refractivity contribution in [3.8, 4) is 17.1 Å². The van der Waals surface area contributed by atoms with Crippen LogP contribution in [0.4, 0.5) is 24.5 Å². The van der Waals surface area contributed by atoms with E-state index in [0.717, 1.165) is 23.4 Å². The lowest BCUT2D eigenvalue weighted by molar-refractivity contribution is -0.384. The number of imidazole rings is 1. The number of aromatic amines is 2. The second-order valence-corrected chi connectivity index (χ2v) is 7.89. The number of rotatable bonds is 5. The quantitative estimate of drug-likeness (QED) is 0.150. The molecule has 36 heavy (non-hydrogen) atoms. The zero-order valence-electron chi connectivity index (χ0n) is 18.2. The summed E-state index contributed by atoms with van der Waals surface area (Å²) >= 11 is 0. The predicted octanol–water partition coefficient (Wildman–Crippen LogP) is 6.36. The van der Waals surface area contributed by atoms with E-state index >= 15 is 0 Å². The Bertz CT molecular complexity index is 1600. The first-order valence-electron chi connectivity index (χ1n) is 10.6. The maximum absolute atomic E-state index is 13.2. The number of fused-ring (bicyclic) bond motifs is 1. The molecule has 0 amide bonds. The van der Waals surface area contributed by atoms with E-state index in [1.807, 2.05) is 6.07 Å². The van der Waals surface area contributed by atoms with Crippen LogP contribution < -0.4 is 0 Å². The number of nitrogens with one attached hydrogen (secondary N) is 2. The van der Waals surface area contributed by atoms with Gasteiger partial charge >= 0.3 is 6.18 Å². The number of halogens is 3. The highest BCUT2D eigenvalue weighted by molar-refractivity contribution is 6.22. The topological polar surface area (TPSA) is 120 Å². The number of aromatic nitrogens is 3. The largest absolute Gasteiger partial charge is 0.494 e. The second-order valence-electron chi connectivity index (χ2n) is 7.89. The molecule has 5 rings (SSSR count). The summed E-state index contributed by atoms with van der Waals surface area (Å²) in [7, 11) is 0. The van der Waals surface area contributed by atoms with E-state index in [1.54, 1.807) is 24.4 Å². The summed E-state index contributed by atoms with van der Waals surface area (Å²) < 4.78 is 39.5. The lowest BCUT2D eigenvalue weighted by atomic mass is 9.99. The van der Waals surface area contributed by atoms with Gasteiger partial charge in [0.05, 0.1) is 45.7 Å². The van der Waals surface area contributed by atoms with E-state index in [4.69, 9.17) is 0 Å². The average molecular weight is 491 g/mol. The maximum atomic E-state index is 13.2. The van der Waals surface area contributed by atoms with Crippen LogP contribution in [-0.4, -0.2) is 30.7 Å². The van der Waals surface area contributed by atoms with Gasteiger partial charge < -0.3 is 15.1 Å². The summed E-state index contributed by atoms with van der Waals surface area (Å²) in [6, 6.07) is 15.3. The highest BCUT2D eigenvalue weighted by atomic mass is 19.4. The van der Waals surface area contributed by atoms with Gasteiger partial charge in [-0.15, -0.1) is 0 Å². The van der Waals surface area contributed by atoms with Gasteiger partial charge in [0, 0.05) is 34.2 Å². The summed E-state index contributed by atoms with van der Waals surface area (Å²) in [5.74, 6) is -0.325. The van der Waals surface area contributed by atoms with Gasteiger partial charge in [0.1, 0.15) is 0 Å². The number of nitrogens with zero attached hydrogens (tertiary/aromatic N) is 3. The minimum Gasteiger partial charge on any atom is -0.494 e. The van der Waals surface area contributed by atoms with Gasteiger partial charge in [-0.1, -0.05) is 24.3 Å². The molecule has 0 saturated carbocycles. The standard InChI is InChI=1S/C25H16F3N5O3/c26-25(27,28)16-6-4-14(5-7-16)23(31-17-3-1-2-15(10-17)21-12-29-13-30-21)22-19-11-18(33(35)36)8-9-20(19)32-24(22)34/h1-13,32,34H,(H,29,30). The fourth-order valence-corrected chi connectivity index (χ4v) is 3.89. The molecule has 3 aromatic carbocycles. The third-order valence-corrected chi connectivity index (χ3v) is 5.59. The SMILES string of the molecule is O=[N+]([O-])c1ccc2[nH]c(O)c(C(=Nc3cccc(-c4cnc[nH]4)c3)c3ccc(C(F)(F)F)cc3)c2c1. The number of benzene rings is 3. The van der Waals surface area contributed by atoms with Crippen molar-refractivity contribution in [1.82, 2.24) is 15.0 Å². The molecule has 8 nitrogen and oxygen atoms in total. The molecular weight excluding hydrogens is 475 g/mol. The normalized spacial score (nSPS) is 12.2. The van der Waals surface area contributed by atoms with Crippen molar-refractivity contribution < 1.29 is 23.2 Å². The Balaban J connectivity index is 1.73. The number of nitro groups is 1. The summed E-state index contributed by atoms with van der Waals surface area (Å²) in [6.07, 6.45) is -1.38.